The first-order valence-corrected chi connectivity index (χ1v) is 10.8. The second-order valence-corrected chi connectivity index (χ2v) is 8.22. The molecule has 0 saturated heterocycles. The lowest BCUT2D eigenvalue weighted by Crippen LogP contribution is -2.21. The van der Waals surface area contributed by atoms with E-state index in [1.54, 1.807) is 12.1 Å². The van der Waals surface area contributed by atoms with Gasteiger partial charge < -0.3 is 16.2 Å². The Kier molecular flexibility index (Phi) is 6.50. The Morgan fingerprint density at radius 1 is 1.11 bits per heavy atom. The fraction of sp³-hybridized carbons (Fsp3) is 0.160. The van der Waals surface area contributed by atoms with E-state index in [-0.39, 0.29) is 28.9 Å². The third-order valence-corrected chi connectivity index (χ3v) is 5.88. The average molecular weight is 526 g/mol. The summed E-state index contributed by atoms with van der Waals surface area (Å²) in [7, 11) is 1.15. The van der Waals surface area contributed by atoms with Gasteiger partial charge in [-0.1, -0.05) is 12.1 Å². The molecule has 0 atom stereocenters. The fourth-order valence-corrected chi connectivity index (χ4v) is 4.15. The smallest absolute Gasteiger partial charge is 0.435 e. The second-order valence-electron chi connectivity index (χ2n) is 8.22. The zero-order chi connectivity index (χ0) is 27.9. The lowest BCUT2D eigenvalue weighted by molar-refractivity contribution is -0.141. The largest absolute Gasteiger partial charge is 0.494 e. The van der Waals surface area contributed by atoms with Crippen LogP contribution in [-0.2, 0) is 12.7 Å². The molecule has 0 radical (unpaired) electrons. The van der Waals surface area contributed by atoms with E-state index in [0.29, 0.717) is 11.1 Å². The van der Waals surface area contributed by atoms with Crippen LogP contribution >= 0.6 is 0 Å². The molecule has 9 nitrogen and oxygen atoms in total. The maximum absolute atomic E-state index is 14.4. The zero-order valence-corrected chi connectivity index (χ0v) is 19.9. The Labute approximate surface area is 212 Å². The molecular weight excluding hydrogens is 508 g/mol. The number of nitrogens with zero attached hydrogens (tertiary/aromatic N) is 4. The van der Waals surface area contributed by atoms with Crippen LogP contribution in [-0.4, -0.2) is 33.7 Å². The van der Waals surface area contributed by atoms with Crippen LogP contribution in [0.15, 0.2) is 36.4 Å². The van der Waals surface area contributed by atoms with Crippen LogP contribution in [0.5, 0.6) is 5.75 Å². The molecule has 13 heteroatoms. The van der Waals surface area contributed by atoms with Crippen molar-refractivity contribution in [2.24, 2.45) is 11.5 Å². The summed E-state index contributed by atoms with van der Waals surface area (Å²) in [5, 5.41) is 12.6. The number of methoxy groups -OCH3 is 1. The van der Waals surface area contributed by atoms with E-state index in [2.05, 4.69) is 10.1 Å². The lowest BCUT2D eigenvalue weighted by atomic mass is 9.92. The normalized spacial score (nSPS) is 11.4. The molecule has 0 spiro atoms. The minimum atomic E-state index is -5.03. The number of nitrogens with two attached hydrogens (primary N) is 2. The number of fused-ring (bicyclic) bond motifs is 1. The van der Waals surface area contributed by atoms with Crippen LogP contribution in [0, 0.1) is 24.1 Å². The highest BCUT2D eigenvalue weighted by Gasteiger charge is 2.41. The number of alkyl halides is 3. The molecule has 0 aliphatic heterocycles. The highest BCUT2D eigenvalue weighted by atomic mass is 19.4. The van der Waals surface area contributed by atoms with Crippen molar-refractivity contribution in [1.82, 2.24) is 14.8 Å². The van der Waals surface area contributed by atoms with Gasteiger partial charge in [0.1, 0.15) is 5.69 Å². The third-order valence-electron chi connectivity index (χ3n) is 5.88. The average Bonchev–Trinajstić information content (AvgIpc) is 3.18. The van der Waals surface area contributed by atoms with Crippen LogP contribution in [0.25, 0.3) is 22.0 Å². The summed E-state index contributed by atoms with van der Waals surface area (Å²) in [4.78, 5) is 29.1. The fourth-order valence-electron chi connectivity index (χ4n) is 4.15. The summed E-state index contributed by atoms with van der Waals surface area (Å²) in [6.07, 6.45) is -5.03. The number of carbonyl (C=O) groups is 2. The van der Waals surface area contributed by atoms with Gasteiger partial charge in [-0.25, -0.2) is 9.37 Å². The molecule has 0 unspecified atom stereocenters. The highest BCUT2D eigenvalue weighted by molar-refractivity contribution is 6.16. The van der Waals surface area contributed by atoms with E-state index in [4.69, 9.17) is 21.5 Å². The maximum Gasteiger partial charge on any atom is 0.435 e. The molecular formula is C25H18F4N6O3. The first-order chi connectivity index (χ1) is 17.9. The summed E-state index contributed by atoms with van der Waals surface area (Å²) >= 11 is 0. The Bertz CT molecular complexity index is 1650. The van der Waals surface area contributed by atoms with Crippen LogP contribution in [0.1, 0.15) is 43.4 Å². The molecule has 194 valence electrons. The number of nitriles is 1. The standard InChI is InChI=1S/C25H18F4N6O3/c1-11-18(22(25(27,28)29)34-35(11)10-13-5-3-12(9-30)4-6-13)20-19(23(31)36)14-7-17(38-2)15(26)8-16(14)33-21(20)24(32)37/h3-8H,10H2,1-2H3,(H2,31,36)(H2,32,37). The number of primary amides is 2. The van der Waals surface area contributed by atoms with Crippen molar-refractivity contribution >= 4 is 22.7 Å². The molecule has 0 bridgehead atoms. The van der Waals surface area contributed by atoms with Crippen molar-refractivity contribution in [3.05, 3.63) is 76.0 Å². The van der Waals surface area contributed by atoms with Crippen molar-refractivity contribution in [3.8, 4) is 22.9 Å². The van der Waals surface area contributed by atoms with E-state index < -0.39 is 51.9 Å². The van der Waals surface area contributed by atoms with Gasteiger partial charge in [0.2, 0.25) is 5.91 Å². The van der Waals surface area contributed by atoms with Gasteiger partial charge in [-0.2, -0.15) is 23.5 Å². The van der Waals surface area contributed by atoms with Gasteiger partial charge >= 0.3 is 6.18 Å². The maximum atomic E-state index is 14.4. The number of ether oxygens (including phenoxy) is 1. The Morgan fingerprint density at radius 2 is 1.76 bits per heavy atom. The van der Waals surface area contributed by atoms with Crippen molar-refractivity contribution in [3.63, 3.8) is 0 Å². The molecule has 2 heterocycles. The summed E-state index contributed by atoms with van der Waals surface area (Å²) in [6, 6.07) is 9.94. The lowest BCUT2D eigenvalue weighted by Gasteiger charge is -2.16. The topological polar surface area (TPSA) is 150 Å². The first kappa shape index (κ1) is 26.1. The molecule has 0 aliphatic rings. The molecule has 2 aromatic carbocycles. The Hall–Kier alpha value is -4.99. The van der Waals surface area contributed by atoms with E-state index in [9.17, 15) is 27.2 Å². The van der Waals surface area contributed by atoms with Crippen LogP contribution in [0.3, 0.4) is 0 Å². The molecule has 4 rings (SSSR count). The molecule has 4 aromatic rings. The predicted molar refractivity (Wildman–Crippen MR) is 127 cm³/mol. The van der Waals surface area contributed by atoms with Crippen molar-refractivity contribution in [1.29, 1.82) is 5.26 Å². The monoisotopic (exact) mass is 526 g/mol. The number of rotatable bonds is 6. The van der Waals surface area contributed by atoms with Gasteiger partial charge in [0.15, 0.2) is 17.3 Å². The van der Waals surface area contributed by atoms with Gasteiger partial charge in [0.05, 0.1) is 36.4 Å². The van der Waals surface area contributed by atoms with Crippen LogP contribution < -0.4 is 16.2 Å². The van der Waals surface area contributed by atoms with Crippen molar-refractivity contribution in [2.75, 3.05) is 7.11 Å². The van der Waals surface area contributed by atoms with Gasteiger partial charge in [0, 0.05) is 28.3 Å². The Balaban J connectivity index is 2.10. The zero-order valence-electron chi connectivity index (χ0n) is 19.9. The molecule has 38 heavy (non-hydrogen) atoms. The number of aromatic nitrogens is 3. The van der Waals surface area contributed by atoms with Crippen LogP contribution in [0.2, 0.25) is 0 Å². The predicted octanol–water partition coefficient (Wildman–Crippen LogP) is 3.69. The summed E-state index contributed by atoms with van der Waals surface area (Å²) in [5.41, 5.74) is 7.73. The number of benzene rings is 2. The Morgan fingerprint density at radius 3 is 2.29 bits per heavy atom. The minimum Gasteiger partial charge on any atom is -0.494 e. The van der Waals surface area contributed by atoms with Gasteiger partial charge in [-0.3, -0.25) is 14.3 Å². The summed E-state index contributed by atoms with van der Waals surface area (Å²) in [5.74, 6) is -3.71. The number of hydrogen-bond donors (Lipinski definition) is 2. The minimum absolute atomic E-state index is 0.0816. The van der Waals surface area contributed by atoms with Crippen molar-refractivity contribution in [2.45, 2.75) is 19.6 Å². The highest BCUT2D eigenvalue weighted by Crippen LogP contribution is 2.43. The van der Waals surface area contributed by atoms with Crippen LogP contribution in [0.4, 0.5) is 17.6 Å². The number of carbonyl (C=O) groups excluding carboxylic acids is 2. The third kappa shape index (κ3) is 4.47. The number of pyridine rings is 1. The molecule has 2 aromatic heterocycles. The van der Waals surface area contributed by atoms with Gasteiger partial charge in [0.25, 0.3) is 5.91 Å². The molecule has 4 N–H and O–H groups in total. The van der Waals surface area contributed by atoms with E-state index in [0.717, 1.165) is 23.9 Å². The van der Waals surface area contributed by atoms with Gasteiger partial charge in [-0.05, 0) is 30.7 Å². The molecule has 0 aliphatic carbocycles. The molecule has 0 fully saturated rings. The number of hydrogen-bond acceptors (Lipinski definition) is 6. The van der Waals surface area contributed by atoms with E-state index in [1.807, 2.05) is 6.07 Å². The number of halogens is 4. The van der Waals surface area contributed by atoms with Gasteiger partial charge in [-0.15, -0.1) is 0 Å². The molecule has 0 saturated carbocycles. The van der Waals surface area contributed by atoms with E-state index >= 15 is 0 Å². The molecule has 2 amide bonds. The van der Waals surface area contributed by atoms with Crippen molar-refractivity contribution < 1.29 is 31.9 Å². The second kappa shape index (κ2) is 9.47. The quantitative estimate of drug-likeness (QED) is 0.366. The number of amides is 2. The summed E-state index contributed by atoms with van der Waals surface area (Å²) < 4.78 is 63.2. The van der Waals surface area contributed by atoms with E-state index in [1.165, 1.54) is 19.1 Å². The first-order valence-electron chi connectivity index (χ1n) is 10.8. The summed E-state index contributed by atoms with van der Waals surface area (Å²) in [6.45, 7) is 1.17. The SMILES string of the molecule is COc1cc2c(C(N)=O)c(-c3c(C(F)(F)F)nn(Cc4ccc(C#N)cc4)c3C)c(C(N)=O)nc2cc1F.